The van der Waals surface area contributed by atoms with Gasteiger partial charge in [0.25, 0.3) is 5.91 Å². The molecule has 0 spiro atoms. The normalized spacial score (nSPS) is 10.3. The Bertz CT molecular complexity index is 627. The van der Waals surface area contributed by atoms with Crippen LogP contribution in [0.3, 0.4) is 0 Å². The number of hydrogen-bond acceptors (Lipinski definition) is 3. The van der Waals surface area contributed by atoms with E-state index in [1.54, 1.807) is 24.3 Å². The molecule has 1 heterocycles. The number of nitrogens with one attached hydrogen (secondary N) is 1. The molecule has 2 rings (SSSR count). The molecule has 0 bridgehead atoms. The molecule has 0 radical (unpaired) electrons. The van der Waals surface area contributed by atoms with E-state index < -0.39 is 5.91 Å². The van der Waals surface area contributed by atoms with Gasteiger partial charge in [-0.3, -0.25) is 4.79 Å². The van der Waals surface area contributed by atoms with Crippen molar-refractivity contribution < 1.29 is 13.9 Å². The van der Waals surface area contributed by atoms with Crippen molar-refractivity contribution in [3.8, 4) is 5.75 Å². The molecule has 1 amide bonds. The van der Waals surface area contributed by atoms with E-state index in [9.17, 15) is 4.79 Å². The van der Waals surface area contributed by atoms with Crippen molar-refractivity contribution in [2.45, 2.75) is 0 Å². The number of amides is 1. The van der Waals surface area contributed by atoms with Gasteiger partial charge in [-0.05, 0) is 56.1 Å². The summed E-state index contributed by atoms with van der Waals surface area (Å²) in [4.78, 5) is 12.0. The SMILES string of the molecule is COc1c(Br)cc(Cl)cc1NC(=O)c1ccc(Br)o1. The third-order valence-electron chi connectivity index (χ3n) is 2.26. The average molecular weight is 409 g/mol. The van der Waals surface area contributed by atoms with Crippen molar-refractivity contribution in [3.05, 3.63) is 44.2 Å². The highest BCUT2D eigenvalue weighted by atomic mass is 79.9. The van der Waals surface area contributed by atoms with Crippen LogP contribution in [-0.2, 0) is 0 Å². The second-order valence-electron chi connectivity index (χ2n) is 3.53. The van der Waals surface area contributed by atoms with Gasteiger partial charge in [0.05, 0.1) is 17.3 Å². The number of hydrogen-bond donors (Lipinski definition) is 1. The van der Waals surface area contributed by atoms with Gasteiger partial charge < -0.3 is 14.5 Å². The number of ether oxygens (including phenoxy) is 1. The van der Waals surface area contributed by atoms with Crippen LogP contribution in [0, 0.1) is 0 Å². The molecule has 2 aromatic rings. The smallest absolute Gasteiger partial charge is 0.291 e. The van der Waals surface area contributed by atoms with Crippen LogP contribution in [0.25, 0.3) is 0 Å². The Balaban J connectivity index is 2.30. The first-order chi connectivity index (χ1) is 9.01. The number of benzene rings is 1. The topological polar surface area (TPSA) is 51.5 Å². The first kappa shape index (κ1) is 14.4. The maximum atomic E-state index is 12.0. The quantitative estimate of drug-likeness (QED) is 0.798. The van der Waals surface area contributed by atoms with Crippen LogP contribution in [0.4, 0.5) is 5.69 Å². The van der Waals surface area contributed by atoms with E-state index >= 15 is 0 Å². The van der Waals surface area contributed by atoms with Crippen molar-refractivity contribution in [1.82, 2.24) is 0 Å². The molecular weight excluding hydrogens is 401 g/mol. The van der Waals surface area contributed by atoms with Crippen molar-refractivity contribution in [1.29, 1.82) is 0 Å². The molecule has 0 unspecified atom stereocenters. The monoisotopic (exact) mass is 407 g/mol. The van der Waals surface area contributed by atoms with Gasteiger partial charge in [0.2, 0.25) is 0 Å². The van der Waals surface area contributed by atoms with Crippen LogP contribution in [0.15, 0.2) is 37.8 Å². The van der Waals surface area contributed by atoms with E-state index in [0.717, 1.165) is 0 Å². The fourth-order valence-electron chi connectivity index (χ4n) is 1.48. The Kier molecular flexibility index (Phi) is 4.54. The molecule has 0 aliphatic carbocycles. The zero-order chi connectivity index (χ0) is 14.0. The summed E-state index contributed by atoms with van der Waals surface area (Å²) in [6.07, 6.45) is 0. The number of furan rings is 1. The van der Waals surface area contributed by atoms with Gasteiger partial charge in [-0.25, -0.2) is 0 Å². The lowest BCUT2D eigenvalue weighted by Gasteiger charge is -2.11. The molecule has 19 heavy (non-hydrogen) atoms. The summed E-state index contributed by atoms with van der Waals surface area (Å²) >= 11 is 12.4. The van der Waals surface area contributed by atoms with E-state index in [1.807, 2.05) is 0 Å². The Labute approximate surface area is 131 Å². The Hall–Kier alpha value is -0.980. The van der Waals surface area contributed by atoms with Crippen LogP contribution >= 0.6 is 43.5 Å². The summed E-state index contributed by atoms with van der Waals surface area (Å²) in [5, 5.41) is 3.16. The zero-order valence-electron chi connectivity index (χ0n) is 9.67. The standard InChI is InChI=1S/C12H8Br2ClNO3/c1-18-11-7(13)4-6(15)5-8(11)16-12(17)9-2-3-10(14)19-9/h2-5H,1H3,(H,16,17). The molecule has 0 aliphatic heterocycles. The van der Waals surface area contributed by atoms with Crippen molar-refractivity contribution in [2.24, 2.45) is 0 Å². The number of rotatable bonds is 3. The highest BCUT2D eigenvalue weighted by Gasteiger charge is 2.15. The average Bonchev–Trinajstić information content (AvgIpc) is 2.75. The zero-order valence-corrected chi connectivity index (χ0v) is 13.6. The predicted molar refractivity (Wildman–Crippen MR) is 80.1 cm³/mol. The third kappa shape index (κ3) is 3.32. The van der Waals surface area contributed by atoms with Crippen molar-refractivity contribution >= 4 is 55.1 Å². The largest absolute Gasteiger partial charge is 0.493 e. The molecule has 1 aromatic carbocycles. The molecule has 1 aromatic heterocycles. The lowest BCUT2D eigenvalue weighted by Crippen LogP contribution is -2.11. The van der Waals surface area contributed by atoms with Gasteiger partial charge >= 0.3 is 0 Å². The third-order valence-corrected chi connectivity index (χ3v) is 3.49. The van der Waals surface area contributed by atoms with E-state index in [-0.39, 0.29) is 5.76 Å². The number of carbonyl (C=O) groups excluding carboxylic acids is 1. The van der Waals surface area contributed by atoms with Crippen LogP contribution in [0.2, 0.25) is 5.02 Å². The van der Waals surface area contributed by atoms with Crippen LogP contribution in [-0.4, -0.2) is 13.0 Å². The highest BCUT2D eigenvalue weighted by Crippen LogP contribution is 2.36. The minimum atomic E-state index is -0.391. The Morgan fingerprint density at radius 2 is 2.11 bits per heavy atom. The fraction of sp³-hybridized carbons (Fsp3) is 0.0833. The summed E-state index contributed by atoms with van der Waals surface area (Å²) in [7, 11) is 1.51. The predicted octanol–water partition coefficient (Wildman–Crippen LogP) is 4.72. The number of methoxy groups -OCH3 is 1. The number of carbonyl (C=O) groups is 1. The summed E-state index contributed by atoms with van der Waals surface area (Å²) in [5.41, 5.74) is 0.458. The van der Waals surface area contributed by atoms with E-state index in [0.29, 0.717) is 25.6 Å². The molecule has 4 nitrogen and oxygen atoms in total. The highest BCUT2D eigenvalue weighted by molar-refractivity contribution is 9.10. The molecule has 7 heteroatoms. The van der Waals surface area contributed by atoms with Gasteiger partial charge in [0.1, 0.15) is 0 Å². The summed E-state index contributed by atoms with van der Waals surface area (Å²) in [6, 6.07) is 6.48. The van der Waals surface area contributed by atoms with Gasteiger partial charge in [-0.15, -0.1) is 0 Å². The van der Waals surface area contributed by atoms with E-state index in [2.05, 4.69) is 37.2 Å². The van der Waals surface area contributed by atoms with E-state index in [4.69, 9.17) is 20.8 Å². The molecule has 0 aliphatic rings. The summed E-state index contributed by atoms with van der Waals surface area (Å²) < 4.78 is 11.5. The van der Waals surface area contributed by atoms with Gasteiger partial charge in [0.15, 0.2) is 16.2 Å². The molecular formula is C12H8Br2ClNO3. The second-order valence-corrected chi connectivity index (χ2v) is 5.60. The van der Waals surface area contributed by atoms with Crippen LogP contribution < -0.4 is 10.1 Å². The van der Waals surface area contributed by atoms with Crippen LogP contribution in [0.1, 0.15) is 10.6 Å². The minimum Gasteiger partial charge on any atom is -0.493 e. The maximum absolute atomic E-state index is 12.0. The van der Waals surface area contributed by atoms with Crippen molar-refractivity contribution in [3.63, 3.8) is 0 Å². The molecule has 0 saturated heterocycles. The summed E-state index contributed by atoms with van der Waals surface area (Å²) in [5.74, 6) is 0.284. The number of anilines is 1. The van der Waals surface area contributed by atoms with Crippen molar-refractivity contribution in [2.75, 3.05) is 12.4 Å². The Morgan fingerprint density at radius 1 is 1.37 bits per heavy atom. The van der Waals surface area contributed by atoms with Gasteiger partial charge in [-0.1, -0.05) is 11.6 Å². The second kappa shape index (κ2) is 5.98. The van der Waals surface area contributed by atoms with Crippen LogP contribution in [0.5, 0.6) is 5.75 Å². The lowest BCUT2D eigenvalue weighted by atomic mass is 10.3. The molecule has 1 N–H and O–H groups in total. The fourth-order valence-corrected chi connectivity index (χ4v) is 2.76. The van der Waals surface area contributed by atoms with E-state index in [1.165, 1.54) is 7.11 Å². The number of halogens is 3. The first-order valence-corrected chi connectivity index (χ1v) is 7.07. The summed E-state index contributed by atoms with van der Waals surface area (Å²) in [6.45, 7) is 0. The maximum Gasteiger partial charge on any atom is 0.291 e. The lowest BCUT2D eigenvalue weighted by molar-refractivity contribution is 0.0995. The molecule has 100 valence electrons. The molecule has 0 fully saturated rings. The van der Waals surface area contributed by atoms with Gasteiger partial charge in [-0.2, -0.15) is 0 Å². The first-order valence-electron chi connectivity index (χ1n) is 5.11. The molecule has 0 atom stereocenters. The Morgan fingerprint density at radius 3 is 2.68 bits per heavy atom. The van der Waals surface area contributed by atoms with Gasteiger partial charge in [0, 0.05) is 5.02 Å². The minimum absolute atomic E-state index is 0.185. The molecule has 0 saturated carbocycles.